The number of fused-ring (bicyclic) bond motifs is 3. The van der Waals surface area contributed by atoms with Crippen molar-refractivity contribution < 1.29 is 4.90 Å². The molecule has 158 valence electrons. The second-order valence-corrected chi connectivity index (χ2v) is 10.6. The average Bonchev–Trinajstić information content (AvgIpc) is 3.11. The predicted molar refractivity (Wildman–Crippen MR) is 130 cm³/mol. The van der Waals surface area contributed by atoms with Gasteiger partial charge in [0.1, 0.15) is 11.4 Å². The van der Waals surface area contributed by atoms with Crippen LogP contribution < -0.4 is 10.5 Å². The first-order valence-electron chi connectivity index (χ1n) is 10.0. The summed E-state index contributed by atoms with van der Waals surface area (Å²) in [6, 6.07) is 15.1. The minimum Gasteiger partial charge on any atom is -0.333 e. The van der Waals surface area contributed by atoms with Crippen molar-refractivity contribution in [2.24, 2.45) is 0 Å². The molecular formula is C23H20Cl2N3OS2+. The Labute approximate surface area is 198 Å². The second-order valence-electron chi connectivity index (χ2n) is 7.71. The Morgan fingerprint density at radius 2 is 1.94 bits per heavy atom. The van der Waals surface area contributed by atoms with Crippen molar-refractivity contribution in [1.29, 1.82) is 0 Å². The van der Waals surface area contributed by atoms with Gasteiger partial charge >= 0.3 is 0 Å². The van der Waals surface area contributed by atoms with Crippen LogP contribution in [0.1, 0.15) is 16.0 Å². The summed E-state index contributed by atoms with van der Waals surface area (Å²) in [6.45, 7) is 1.97. The van der Waals surface area contributed by atoms with Gasteiger partial charge in [-0.1, -0.05) is 53.2 Å². The Bertz CT molecular complexity index is 1330. The van der Waals surface area contributed by atoms with Crippen LogP contribution in [0, 0.1) is 0 Å². The lowest BCUT2D eigenvalue weighted by Crippen LogP contribution is -3.08. The van der Waals surface area contributed by atoms with E-state index in [4.69, 9.17) is 28.2 Å². The third-order valence-corrected chi connectivity index (χ3v) is 8.28. The zero-order valence-electron chi connectivity index (χ0n) is 16.8. The van der Waals surface area contributed by atoms with Gasteiger partial charge in [0.25, 0.3) is 5.56 Å². The van der Waals surface area contributed by atoms with E-state index in [2.05, 4.69) is 7.05 Å². The van der Waals surface area contributed by atoms with Gasteiger partial charge in [-0.15, -0.1) is 11.3 Å². The molecule has 5 rings (SSSR count). The standard InChI is InChI=1S/C23H19Cl2N3OS2/c1-27-11-10-17-19(12-27)31-21-20(17)22(29)28(16-8-6-15(24)7-9-16)23(26-21)30-13-14-4-2-3-5-18(14)25/h2-9H,10-13H2,1H3/p+1. The lowest BCUT2D eigenvalue weighted by atomic mass is 10.1. The molecule has 31 heavy (non-hydrogen) atoms. The number of thioether (sulfide) groups is 1. The number of hydrogen-bond donors (Lipinski definition) is 1. The lowest BCUT2D eigenvalue weighted by molar-refractivity contribution is -0.895. The minimum absolute atomic E-state index is 0.00830. The average molecular weight is 489 g/mol. The Morgan fingerprint density at radius 3 is 2.71 bits per heavy atom. The van der Waals surface area contributed by atoms with E-state index < -0.39 is 0 Å². The number of nitrogens with zero attached hydrogens (tertiary/aromatic N) is 2. The maximum Gasteiger partial charge on any atom is 0.267 e. The van der Waals surface area contributed by atoms with Crippen molar-refractivity contribution in [1.82, 2.24) is 9.55 Å². The number of quaternary nitrogens is 1. The number of halogens is 2. The molecule has 0 bridgehead atoms. The summed E-state index contributed by atoms with van der Waals surface area (Å²) >= 11 is 15.6. The molecule has 0 spiro atoms. The highest BCUT2D eigenvalue weighted by Gasteiger charge is 2.26. The molecule has 3 heterocycles. The molecule has 0 fully saturated rings. The first-order valence-corrected chi connectivity index (χ1v) is 12.6. The summed E-state index contributed by atoms with van der Waals surface area (Å²) in [5.74, 6) is 0.628. The first kappa shape index (κ1) is 21.0. The first-order chi connectivity index (χ1) is 15.0. The molecule has 8 heteroatoms. The van der Waals surface area contributed by atoms with Gasteiger partial charge in [0.05, 0.1) is 29.5 Å². The van der Waals surface area contributed by atoms with Crippen LogP contribution in [0.15, 0.2) is 58.5 Å². The number of rotatable bonds is 4. The summed E-state index contributed by atoms with van der Waals surface area (Å²) in [5, 5.41) is 2.78. The van der Waals surface area contributed by atoms with E-state index in [-0.39, 0.29) is 5.56 Å². The van der Waals surface area contributed by atoms with E-state index in [0.29, 0.717) is 21.0 Å². The van der Waals surface area contributed by atoms with Crippen molar-refractivity contribution in [3.8, 4) is 5.69 Å². The van der Waals surface area contributed by atoms with Crippen LogP contribution in [0.5, 0.6) is 0 Å². The van der Waals surface area contributed by atoms with E-state index in [1.165, 1.54) is 27.1 Å². The monoisotopic (exact) mass is 488 g/mol. The molecule has 1 aliphatic rings. The molecule has 0 amide bonds. The van der Waals surface area contributed by atoms with Crippen molar-refractivity contribution in [2.45, 2.75) is 23.9 Å². The summed E-state index contributed by atoms with van der Waals surface area (Å²) < 4.78 is 1.72. The topological polar surface area (TPSA) is 39.3 Å². The molecule has 4 nitrogen and oxygen atoms in total. The molecule has 0 saturated carbocycles. The SMILES string of the molecule is C[NH+]1CCc2c(sc3nc(SCc4ccccc4Cl)n(-c4ccc(Cl)cc4)c(=O)c23)C1. The highest BCUT2D eigenvalue weighted by molar-refractivity contribution is 7.98. The number of hydrogen-bond acceptors (Lipinski definition) is 4. The number of aromatic nitrogens is 2. The summed E-state index contributed by atoms with van der Waals surface area (Å²) in [5.41, 5.74) is 2.95. The molecule has 0 radical (unpaired) electrons. The number of nitrogens with one attached hydrogen (secondary N) is 1. The second kappa shape index (κ2) is 8.60. The summed E-state index contributed by atoms with van der Waals surface area (Å²) in [7, 11) is 2.19. The quantitative estimate of drug-likeness (QED) is 0.336. The normalized spacial score (nSPS) is 15.9. The van der Waals surface area contributed by atoms with Crippen LogP contribution >= 0.6 is 46.3 Å². The van der Waals surface area contributed by atoms with E-state index in [9.17, 15) is 4.79 Å². The highest BCUT2D eigenvalue weighted by atomic mass is 35.5. The Balaban J connectivity index is 1.67. The number of likely N-dealkylation sites (N-methyl/N-ethyl adjacent to an activating group) is 1. The largest absolute Gasteiger partial charge is 0.333 e. The van der Waals surface area contributed by atoms with E-state index in [0.717, 1.165) is 41.0 Å². The van der Waals surface area contributed by atoms with Gasteiger partial charge in [-0.05, 0) is 41.5 Å². The van der Waals surface area contributed by atoms with Crippen molar-refractivity contribution >= 4 is 56.5 Å². The Morgan fingerprint density at radius 1 is 1.16 bits per heavy atom. The Kier molecular flexibility index (Phi) is 5.84. The predicted octanol–water partition coefficient (Wildman–Crippen LogP) is 4.62. The molecule has 1 atom stereocenters. The minimum atomic E-state index is -0.00830. The molecule has 4 aromatic rings. The third-order valence-electron chi connectivity index (χ3n) is 5.54. The summed E-state index contributed by atoms with van der Waals surface area (Å²) in [4.78, 5) is 22.3. The van der Waals surface area contributed by atoms with Crippen LogP contribution in [0.25, 0.3) is 15.9 Å². The van der Waals surface area contributed by atoms with Crippen LogP contribution in [-0.2, 0) is 18.7 Å². The molecule has 2 aromatic heterocycles. The zero-order valence-corrected chi connectivity index (χ0v) is 20.0. The van der Waals surface area contributed by atoms with Gasteiger partial charge in [0.15, 0.2) is 5.16 Å². The highest BCUT2D eigenvalue weighted by Crippen LogP contribution is 2.33. The van der Waals surface area contributed by atoms with Gasteiger partial charge in [-0.3, -0.25) is 9.36 Å². The van der Waals surface area contributed by atoms with Crippen LogP contribution in [0.2, 0.25) is 10.0 Å². The summed E-state index contributed by atoms with van der Waals surface area (Å²) in [6.07, 6.45) is 0.908. The van der Waals surface area contributed by atoms with E-state index >= 15 is 0 Å². The smallest absolute Gasteiger partial charge is 0.267 e. The van der Waals surface area contributed by atoms with Crippen molar-refractivity contribution in [3.63, 3.8) is 0 Å². The molecule has 0 saturated heterocycles. The lowest BCUT2D eigenvalue weighted by Gasteiger charge is -2.19. The van der Waals surface area contributed by atoms with Gasteiger partial charge in [-0.2, -0.15) is 0 Å². The fourth-order valence-electron chi connectivity index (χ4n) is 3.91. The molecular weight excluding hydrogens is 469 g/mol. The van der Waals surface area contributed by atoms with Crippen LogP contribution in [-0.4, -0.2) is 23.1 Å². The Hall–Kier alpha value is -1.83. The fourth-order valence-corrected chi connectivity index (χ4v) is 6.71. The van der Waals surface area contributed by atoms with Gasteiger partial charge in [-0.25, -0.2) is 4.98 Å². The van der Waals surface area contributed by atoms with Crippen LogP contribution in [0.3, 0.4) is 0 Å². The number of benzene rings is 2. The van der Waals surface area contributed by atoms with Gasteiger partial charge < -0.3 is 4.90 Å². The van der Waals surface area contributed by atoms with E-state index in [1.54, 1.807) is 28.0 Å². The maximum absolute atomic E-state index is 13.8. The van der Waals surface area contributed by atoms with Crippen LogP contribution in [0.4, 0.5) is 0 Å². The fraction of sp³-hybridized carbons (Fsp3) is 0.217. The maximum atomic E-state index is 13.8. The molecule has 1 unspecified atom stereocenters. The van der Waals surface area contributed by atoms with E-state index in [1.807, 2.05) is 36.4 Å². The van der Waals surface area contributed by atoms with Crippen molar-refractivity contribution in [2.75, 3.05) is 13.6 Å². The molecule has 1 N–H and O–H groups in total. The van der Waals surface area contributed by atoms with Gasteiger partial charge in [0.2, 0.25) is 0 Å². The molecule has 1 aliphatic heterocycles. The molecule has 0 aliphatic carbocycles. The van der Waals surface area contributed by atoms with Crippen molar-refractivity contribution in [3.05, 3.63) is 84.9 Å². The zero-order chi connectivity index (χ0) is 21.5. The third kappa shape index (κ3) is 4.03. The number of thiophene rings is 1. The molecule has 2 aromatic carbocycles. The van der Waals surface area contributed by atoms with Gasteiger partial charge in [0, 0.05) is 22.2 Å².